The third kappa shape index (κ3) is 6.09. The molecular formula is C20H21Cl3N2O2. The van der Waals surface area contributed by atoms with E-state index in [4.69, 9.17) is 39.5 Å². The van der Waals surface area contributed by atoms with Crippen molar-refractivity contribution >= 4 is 40.7 Å². The zero-order valence-corrected chi connectivity index (χ0v) is 17.0. The number of carbonyl (C=O) groups is 1. The van der Waals surface area contributed by atoms with Crippen molar-refractivity contribution < 1.29 is 9.53 Å². The predicted molar refractivity (Wildman–Crippen MR) is 110 cm³/mol. The standard InChI is InChI=1S/C20H21Cl3N2O2/c21-17-4-2-1-3-15(17)10-20(26)24-11-16-13-25(7-8-27-16)12-14-5-6-18(22)19(23)9-14/h1-6,9,16H,7-8,10-13H2,(H,24,26). The summed E-state index contributed by atoms with van der Waals surface area (Å²) in [5.41, 5.74) is 1.93. The zero-order chi connectivity index (χ0) is 19.2. The van der Waals surface area contributed by atoms with E-state index in [-0.39, 0.29) is 18.4 Å². The number of nitrogens with one attached hydrogen (secondary N) is 1. The van der Waals surface area contributed by atoms with E-state index in [9.17, 15) is 4.79 Å². The second kappa shape index (κ2) is 9.76. The Morgan fingerprint density at radius 2 is 1.93 bits per heavy atom. The molecule has 7 heteroatoms. The third-order valence-corrected chi connectivity index (χ3v) is 5.56. The quantitative estimate of drug-likeness (QED) is 0.751. The molecule has 144 valence electrons. The zero-order valence-electron chi connectivity index (χ0n) is 14.8. The van der Waals surface area contributed by atoms with Crippen LogP contribution in [0.4, 0.5) is 0 Å². The summed E-state index contributed by atoms with van der Waals surface area (Å²) in [4.78, 5) is 14.5. The van der Waals surface area contributed by atoms with Crippen molar-refractivity contribution in [2.45, 2.75) is 19.1 Å². The van der Waals surface area contributed by atoms with Gasteiger partial charge in [0.1, 0.15) is 0 Å². The molecule has 1 unspecified atom stereocenters. The van der Waals surface area contributed by atoms with Crippen molar-refractivity contribution in [2.75, 3.05) is 26.2 Å². The summed E-state index contributed by atoms with van der Waals surface area (Å²) >= 11 is 18.2. The number of benzene rings is 2. The van der Waals surface area contributed by atoms with Crippen molar-refractivity contribution in [1.82, 2.24) is 10.2 Å². The monoisotopic (exact) mass is 426 g/mol. The second-order valence-electron chi connectivity index (χ2n) is 6.55. The van der Waals surface area contributed by atoms with E-state index in [0.717, 1.165) is 30.8 Å². The van der Waals surface area contributed by atoms with Crippen LogP contribution < -0.4 is 5.32 Å². The first-order valence-corrected chi connectivity index (χ1v) is 9.92. The van der Waals surface area contributed by atoms with Crippen LogP contribution in [0.25, 0.3) is 0 Å². The van der Waals surface area contributed by atoms with Gasteiger partial charge in [-0.1, -0.05) is 59.1 Å². The van der Waals surface area contributed by atoms with Crippen molar-refractivity contribution in [3.05, 3.63) is 68.7 Å². The summed E-state index contributed by atoms with van der Waals surface area (Å²) in [7, 11) is 0. The summed E-state index contributed by atoms with van der Waals surface area (Å²) < 4.78 is 5.78. The van der Waals surface area contributed by atoms with E-state index in [1.807, 2.05) is 36.4 Å². The number of hydrogen-bond donors (Lipinski definition) is 1. The smallest absolute Gasteiger partial charge is 0.224 e. The van der Waals surface area contributed by atoms with Gasteiger partial charge < -0.3 is 10.1 Å². The predicted octanol–water partition coefficient (Wildman–Crippen LogP) is 4.21. The summed E-state index contributed by atoms with van der Waals surface area (Å²) in [6, 6.07) is 13.0. The first-order valence-electron chi connectivity index (χ1n) is 8.79. The molecule has 4 nitrogen and oxygen atoms in total. The molecule has 0 bridgehead atoms. The van der Waals surface area contributed by atoms with Crippen molar-refractivity contribution in [3.63, 3.8) is 0 Å². The van der Waals surface area contributed by atoms with Crippen LogP contribution in [0.15, 0.2) is 42.5 Å². The largest absolute Gasteiger partial charge is 0.374 e. The molecule has 1 amide bonds. The number of rotatable bonds is 6. The molecule has 1 saturated heterocycles. The van der Waals surface area contributed by atoms with Gasteiger partial charge >= 0.3 is 0 Å². The Hall–Kier alpha value is -1.30. The van der Waals surface area contributed by atoms with Gasteiger partial charge in [-0.15, -0.1) is 0 Å². The Kier molecular flexibility index (Phi) is 7.39. The first kappa shape index (κ1) is 20.4. The number of nitrogens with zero attached hydrogens (tertiary/aromatic N) is 1. The summed E-state index contributed by atoms with van der Waals surface area (Å²) in [5.74, 6) is -0.0618. The molecule has 1 aliphatic heterocycles. The van der Waals surface area contributed by atoms with Crippen LogP contribution >= 0.6 is 34.8 Å². The average molecular weight is 428 g/mol. The number of amides is 1. The van der Waals surface area contributed by atoms with Gasteiger partial charge in [0.15, 0.2) is 0 Å². The van der Waals surface area contributed by atoms with E-state index >= 15 is 0 Å². The molecule has 1 atom stereocenters. The molecule has 1 aliphatic rings. The maximum atomic E-state index is 12.2. The Bertz CT molecular complexity index is 801. The Morgan fingerprint density at radius 1 is 1.11 bits per heavy atom. The first-order chi connectivity index (χ1) is 13.0. The van der Waals surface area contributed by atoms with E-state index in [2.05, 4.69) is 10.2 Å². The highest BCUT2D eigenvalue weighted by molar-refractivity contribution is 6.42. The fourth-order valence-electron chi connectivity index (χ4n) is 3.05. The molecule has 0 spiro atoms. The Labute approximate surface area is 174 Å². The number of ether oxygens (including phenoxy) is 1. The minimum Gasteiger partial charge on any atom is -0.374 e. The average Bonchev–Trinajstić information content (AvgIpc) is 2.65. The lowest BCUT2D eigenvalue weighted by molar-refractivity contribution is -0.121. The SMILES string of the molecule is O=C(Cc1ccccc1Cl)NCC1CN(Cc2ccc(Cl)c(Cl)c2)CCO1. The highest BCUT2D eigenvalue weighted by Crippen LogP contribution is 2.23. The van der Waals surface area contributed by atoms with Crippen LogP contribution in [0, 0.1) is 0 Å². The molecular weight excluding hydrogens is 407 g/mol. The lowest BCUT2D eigenvalue weighted by atomic mass is 10.1. The van der Waals surface area contributed by atoms with Gasteiger partial charge in [0, 0.05) is 31.2 Å². The lowest BCUT2D eigenvalue weighted by Gasteiger charge is -2.33. The van der Waals surface area contributed by atoms with Crippen molar-refractivity contribution in [1.29, 1.82) is 0 Å². The highest BCUT2D eigenvalue weighted by Gasteiger charge is 2.21. The molecule has 1 N–H and O–H groups in total. The highest BCUT2D eigenvalue weighted by atomic mass is 35.5. The van der Waals surface area contributed by atoms with E-state index in [0.29, 0.717) is 28.2 Å². The maximum absolute atomic E-state index is 12.2. The van der Waals surface area contributed by atoms with Gasteiger partial charge in [-0.05, 0) is 29.3 Å². The molecule has 0 aliphatic carbocycles. The minimum atomic E-state index is -0.0618. The molecule has 0 radical (unpaired) electrons. The van der Waals surface area contributed by atoms with Crippen molar-refractivity contribution in [2.24, 2.45) is 0 Å². The number of carbonyl (C=O) groups excluding carboxylic acids is 1. The number of halogens is 3. The lowest BCUT2D eigenvalue weighted by Crippen LogP contribution is -2.47. The molecule has 3 rings (SSSR count). The van der Waals surface area contributed by atoms with Gasteiger partial charge in [-0.2, -0.15) is 0 Å². The van der Waals surface area contributed by atoms with Gasteiger partial charge in [0.25, 0.3) is 0 Å². The molecule has 1 heterocycles. The number of hydrogen-bond acceptors (Lipinski definition) is 3. The second-order valence-corrected chi connectivity index (χ2v) is 7.77. The molecule has 27 heavy (non-hydrogen) atoms. The van der Waals surface area contributed by atoms with E-state index in [1.54, 1.807) is 6.07 Å². The Balaban J connectivity index is 1.47. The van der Waals surface area contributed by atoms with Gasteiger partial charge in [0.2, 0.25) is 5.91 Å². The van der Waals surface area contributed by atoms with Gasteiger partial charge in [-0.25, -0.2) is 0 Å². The molecule has 1 fully saturated rings. The summed E-state index contributed by atoms with van der Waals surface area (Å²) in [6.07, 6.45) is 0.219. The van der Waals surface area contributed by atoms with Crippen molar-refractivity contribution in [3.8, 4) is 0 Å². The molecule has 0 saturated carbocycles. The van der Waals surface area contributed by atoms with Crippen LogP contribution in [-0.4, -0.2) is 43.2 Å². The molecule has 2 aromatic rings. The molecule has 2 aromatic carbocycles. The van der Waals surface area contributed by atoms with E-state index < -0.39 is 0 Å². The minimum absolute atomic E-state index is 0.0447. The Morgan fingerprint density at radius 3 is 2.70 bits per heavy atom. The van der Waals surface area contributed by atoms with Crippen LogP contribution in [-0.2, 0) is 22.5 Å². The van der Waals surface area contributed by atoms with Crippen LogP contribution in [0.1, 0.15) is 11.1 Å². The maximum Gasteiger partial charge on any atom is 0.224 e. The topological polar surface area (TPSA) is 41.6 Å². The van der Waals surface area contributed by atoms with E-state index in [1.165, 1.54) is 0 Å². The van der Waals surface area contributed by atoms with Crippen LogP contribution in [0.2, 0.25) is 15.1 Å². The fraction of sp³-hybridized carbons (Fsp3) is 0.350. The molecule has 0 aromatic heterocycles. The number of morpholine rings is 1. The van der Waals surface area contributed by atoms with Crippen LogP contribution in [0.5, 0.6) is 0 Å². The summed E-state index contributed by atoms with van der Waals surface area (Å²) in [6.45, 7) is 3.45. The fourth-order valence-corrected chi connectivity index (χ4v) is 3.57. The summed E-state index contributed by atoms with van der Waals surface area (Å²) in [5, 5.41) is 4.67. The van der Waals surface area contributed by atoms with Gasteiger partial charge in [0.05, 0.1) is 29.2 Å². The van der Waals surface area contributed by atoms with Gasteiger partial charge in [-0.3, -0.25) is 9.69 Å². The van der Waals surface area contributed by atoms with Crippen LogP contribution in [0.3, 0.4) is 0 Å². The third-order valence-electron chi connectivity index (χ3n) is 4.45. The normalized spacial score (nSPS) is 17.7.